The van der Waals surface area contributed by atoms with E-state index >= 15 is 0 Å². The fourth-order valence-corrected chi connectivity index (χ4v) is 6.76. The summed E-state index contributed by atoms with van der Waals surface area (Å²) >= 11 is 15.1. The van der Waals surface area contributed by atoms with Crippen LogP contribution < -0.4 is 10.1 Å². The molecule has 1 amide bonds. The number of hydrogen-bond acceptors (Lipinski definition) is 7. The van der Waals surface area contributed by atoms with E-state index in [4.69, 9.17) is 27.9 Å². The van der Waals surface area contributed by atoms with Crippen molar-refractivity contribution in [1.82, 2.24) is 14.8 Å². The Balaban J connectivity index is 1.42. The van der Waals surface area contributed by atoms with Crippen molar-refractivity contribution in [2.75, 3.05) is 11.1 Å². The summed E-state index contributed by atoms with van der Waals surface area (Å²) in [5.74, 6) is 1.13. The van der Waals surface area contributed by atoms with Crippen LogP contribution in [0.2, 0.25) is 10.0 Å². The molecule has 0 aliphatic heterocycles. The molecule has 2 aromatic heterocycles. The van der Waals surface area contributed by atoms with Crippen molar-refractivity contribution in [3.05, 3.63) is 50.1 Å². The second kappa shape index (κ2) is 12.3. The first kappa shape index (κ1) is 26.8. The fraction of sp³-hybridized carbons (Fsp3) is 0.440. The SMILES string of the molecule is CCn1c(SCC(=O)Nc2sc3c(c2C#N)CCCCCC3)nnc1C(C)Oc1ccc(Cl)cc1Cl. The zero-order valence-electron chi connectivity index (χ0n) is 20.1. The van der Waals surface area contributed by atoms with Crippen LogP contribution in [-0.2, 0) is 24.2 Å². The Bertz CT molecular complexity index is 1280. The molecule has 4 rings (SSSR count). The molecule has 190 valence electrons. The Labute approximate surface area is 229 Å². The van der Waals surface area contributed by atoms with Crippen LogP contribution in [0.3, 0.4) is 0 Å². The molecular weight excluding hydrogens is 537 g/mol. The number of carbonyl (C=O) groups excluding carboxylic acids is 1. The maximum atomic E-state index is 12.8. The third-order valence-corrected chi connectivity index (χ3v) is 8.70. The topological polar surface area (TPSA) is 92.8 Å². The van der Waals surface area contributed by atoms with Gasteiger partial charge < -0.3 is 14.6 Å². The third-order valence-electron chi connectivity index (χ3n) is 5.99. The predicted molar refractivity (Wildman–Crippen MR) is 145 cm³/mol. The van der Waals surface area contributed by atoms with Crippen LogP contribution in [0.1, 0.15) is 67.5 Å². The van der Waals surface area contributed by atoms with Crippen molar-refractivity contribution in [3.63, 3.8) is 0 Å². The van der Waals surface area contributed by atoms with Gasteiger partial charge in [-0.25, -0.2) is 0 Å². The minimum Gasteiger partial charge on any atom is -0.481 e. The van der Waals surface area contributed by atoms with Gasteiger partial charge in [-0.3, -0.25) is 4.79 Å². The van der Waals surface area contributed by atoms with Crippen LogP contribution >= 0.6 is 46.3 Å². The molecule has 0 fully saturated rings. The Kier molecular flexibility index (Phi) is 9.18. The van der Waals surface area contributed by atoms with Gasteiger partial charge in [0.2, 0.25) is 5.91 Å². The molecule has 0 saturated heterocycles. The van der Waals surface area contributed by atoms with Crippen molar-refractivity contribution in [2.45, 2.75) is 70.2 Å². The molecule has 0 radical (unpaired) electrons. The van der Waals surface area contributed by atoms with E-state index in [1.54, 1.807) is 29.5 Å². The molecule has 11 heteroatoms. The molecule has 7 nitrogen and oxygen atoms in total. The van der Waals surface area contributed by atoms with Crippen LogP contribution in [-0.4, -0.2) is 26.4 Å². The third kappa shape index (κ3) is 6.17. The lowest BCUT2D eigenvalue weighted by Gasteiger charge is -2.16. The molecule has 2 heterocycles. The van der Waals surface area contributed by atoms with Gasteiger partial charge in [-0.05, 0) is 63.3 Å². The van der Waals surface area contributed by atoms with Crippen LogP contribution in [0.5, 0.6) is 5.75 Å². The number of nitrogens with zero attached hydrogens (tertiary/aromatic N) is 4. The summed E-state index contributed by atoms with van der Waals surface area (Å²) in [5, 5.41) is 23.6. The van der Waals surface area contributed by atoms with Crippen molar-refractivity contribution in [2.24, 2.45) is 0 Å². The summed E-state index contributed by atoms with van der Waals surface area (Å²) in [5.41, 5.74) is 1.75. The van der Waals surface area contributed by atoms with E-state index in [1.165, 1.54) is 29.5 Å². The van der Waals surface area contributed by atoms with E-state index in [9.17, 15) is 10.1 Å². The Hall–Kier alpha value is -2.25. The van der Waals surface area contributed by atoms with E-state index in [0.29, 0.717) is 43.9 Å². The number of halogens is 2. The van der Waals surface area contributed by atoms with Gasteiger partial charge in [0.05, 0.1) is 16.3 Å². The van der Waals surface area contributed by atoms with Crippen molar-refractivity contribution in [1.29, 1.82) is 5.26 Å². The molecule has 1 unspecified atom stereocenters. The summed E-state index contributed by atoms with van der Waals surface area (Å²) in [6, 6.07) is 7.38. The molecule has 1 aliphatic rings. The van der Waals surface area contributed by atoms with Crippen molar-refractivity contribution < 1.29 is 9.53 Å². The summed E-state index contributed by atoms with van der Waals surface area (Å²) in [6.07, 6.45) is 6.09. The number of nitrogens with one attached hydrogen (secondary N) is 1. The number of amides is 1. The first-order valence-corrected chi connectivity index (χ1v) is 14.5. The lowest BCUT2D eigenvalue weighted by Crippen LogP contribution is -2.15. The largest absolute Gasteiger partial charge is 0.481 e. The number of anilines is 1. The molecule has 36 heavy (non-hydrogen) atoms. The molecule has 1 atom stereocenters. The Morgan fingerprint density at radius 3 is 2.78 bits per heavy atom. The number of thioether (sulfide) groups is 1. The van der Waals surface area contributed by atoms with Gasteiger partial charge in [-0.15, -0.1) is 21.5 Å². The minimum atomic E-state index is -0.414. The standard InChI is InChI=1S/C25H27Cl2N5O2S2/c1-3-32-23(15(2)34-20-11-10-16(26)12-19(20)27)30-31-25(32)35-14-22(33)29-24-18(13-28)17-8-6-4-5-7-9-21(17)36-24/h10-12,15H,3-9,14H2,1-2H3,(H,29,33). The highest BCUT2D eigenvalue weighted by Gasteiger charge is 2.23. The van der Waals surface area contributed by atoms with E-state index in [2.05, 4.69) is 21.6 Å². The highest BCUT2D eigenvalue weighted by Crippen LogP contribution is 2.37. The summed E-state index contributed by atoms with van der Waals surface area (Å²) in [6.45, 7) is 4.47. The maximum Gasteiger partial charge on any atom is 0.235 e. The van der Waals surface area contributed by atoms with Crippen molar-refractivity contribution in [3.8, 4) is 11.8 Å². The van der Waals surface area contributed by atoms with E-state index in [-0.39, 0.29) is 11.7 Å². The fourth-order valence-electron chi connectivity index (χ4n) is 4.24. The number of hydrogen-bond donors (Lipinski definition) is 1. The average Bonchev–Trinajstić information content (AvgIpc) is 3.39. The highest BCUT2D eigenvalue weighted by molar-refractivity contribution is 7.99. The zero-order valence-corrected chi connectivity index (χ0v) is 23.3. The number of benzene rings is 1. The molecule has 0 bridgehead atoms. The van der Waals surface area contributed by atoms with Crippen LogP contribution in [0, 0.1) is 11.3 Å². The number of ether oxygens (including phenoxy) is 1. The Morgan fingerprint density at radius 1 is 1.28 bits per heavy atom. The zero-order chi connectivity index (χ0) is 25.7. The Morgan fingerprint density at radius 2 is 2.06 bits per heavy atom. The number of carbonyl (C=O) groups is 1. The number of nitriles is 1. The van der Waals surface area contributed by atoms with Crippen molar-refractivity contribution >= 4 is 57.2 Å². The van der Waals surface area contributed by atoms with Gasteiger partial charge in [-0.1, -0.05) is 47.8 Å². The number of thiophene rings is 1. The summed E-state index contributed by atoms with van der Waals surface area (Å²) < 4.78 is 7.92. The molecule has 1 N–H and O–H groups in total. The first-order valence-electron chi connectivity index (χ1n) is 11.9. The molecular formula is C25H27Cl2N5O2S2. The number of rotatable bonds is 8. The molecule has 0 spiro atoms. The predicted octanol–water partition coefficient (Wildman–Crippen LogP) is 7.07. The second-order valence-electron chi connectivity index (χ2n) is 8.49. The second-order valence-corrected chi connectivity index (χ2v) is 11.4. The number of fused-ring (bicyclic) bond motifs is 1. The van der Waals surface area contributed by atoms with Crippen LogP contribution in [0.4, 0.5) is 5.00 Å². The molecule has 0 saturated carbocycles. The molecule has 1 aromatic carbocycles. The van der Waals surface area contributed by atoms with Crippen LogP contribution in [0.15, 0.2) is 23.4 Å². The molecule has 1 aliphatic carbocycles. The average molecular weight is 565 g/mol. The lowest BCUT2D eigenvalue weighted by atomic mass is 9.97. The minimum absolute atomic E-state index is 0.157. The smallest absolute Gasteiger partial charge is 0.235 e. The maximum absolute atomic E-state index is 12.8. The monoisotopic (exact) mass is 563 g/mol. The number of aryl methyl sites for hydroxylation is 1. The normalized spacial score (nSPS) is 14.3. The first-order chi connectivity index (χ1) is 17.4. The van der Waals surface area contributed by atoms with Gasteiger partial charge in [0.15, 0.2) is 17.1 Å². The van der Waals surface area contributed by atoms with Crippen LogP contribution in [0.25, 0.3) is 0 Å². The highest BCUT2D eigenvalue weighted by atomic mass is 35.5. The van der Waals surface area contributed by atoms with Gasteiger partial charge in [-0.2, -0.15) is 5.26 Å². The quantitative estimate of drug-likeness (QED) is 0.294. The van der Waals surface area contributed by atoms with Gasteiger partial charge in [0.1, 0.15) is 16.8 Å². The summed E-state index contributed by atoms with van der Waals surface area (Å²) in [4.78, 5) is 14.0. The molecule has 3 aromatic rings. The van der Waals surface area contributed by atoms with E-state index < -0.39 is 6.10 Å². The van der Waals surface area contributed by atoms with Gasteiger partial charge in [0.25, 0.3) is 0 Å². The lowest BCUT2D eigenvalue weighted by molar-refractivity contribution is -0.113. The summed E-state index contributed by atoms with van der Waals surface area (Å²) in [7, 11) is 0. The van der Waals surface area contributed by atoms with Gasteiger partial charge >= 0.3 is 0 Å². The van der Waals surface area contributed by atoms with E-state index in [0.717, 1.165) is 31.2 Å². The van der Waals surface area contributed by atoms with Gasteiger partial charge in [0, 0.05) is 16.4 Å². The van der Waals surface area contributed by atoms with E-state index in [1.807, 2.05) is 18.4 Å². The number of aromatic nitrogens is 3.